The highest BCUT2D eigenvalue weighted by molar-refractivity contribution is 7.80. The molecule has 166 valence electrons. The highest BCUT2D eigenvalue weighted by Gasteiger charge is 2.41. The minimum Gasteiger partial charge on any atom is -0.478 e. The van der Waals surface area contributed by atoms with Gasteiger partial charge in [-0.2, -0.15) is 0 Å². The van der Waals surface area contributed by atoms with Gasteiger partial charge in [0.25, 0.3) is 0 Å². The minimum absolute atomic E-state index is 0.144. The third kappa shape index (κ3) is 4.48. The maximum atomic E-state index is 11.4. The van der Waals surface area contributed by atoms with Crippen molar-refractivity contribution in [1.82, 2.24) is 20.1 Å². The molecule has 0 unspecified atom stereocenters. The Kier molecular flexibility index (Phi) is 6.45. The third-order valence-corrected chi connectivity index (χ3v) is 6.06. The van der Waals surface area contributed by atoms with Gasteiger partial charge in [0.1, 0.15) is 17.6 Å². The molecule has 0 spiro atoms. The van der Waals surface area contributed by atoms with Crippen molar-refractivity contribution in [1.29, 1.82) is 0 Å². The number of likely N-dealkylation sites (N-methyl/N-ethyl adjacent to an activating group) is 1. The Morgan fingerprint density at radius 2 is 2.09 bits per heavy atom. The highest BCUT2D eigenvalue weighted by Crippen LogP contribution is 2.41. The van der Waals surface area contributed by atoms with Crippen molar-refractivity contribution < 1.29 is 14.3 Å². The summed E-state index contributed by atoms with van der Waals surface area (Å²) in [5.74, 6) is 0.168. The molecule has 3 heterocycles. The summed E-state index contributed by atoms with van der Waals surface area (Å²) in [5.41, 5.74) is 1.53. The number of nitrogens with one attached hydrogen (secondary N) is 1. The molecule has 9 heteroatoms. The van der Waals surface area contributed by atoms with Crippen LogP contribution in [-0.2, 0) is 0 Å². The van der Waals surface area contributed by atoms with E-state index in [1.165, 1.54) is 12.1 Å². The normalized spacial score (nSPS) is 18.2. The van der Waals surface area contributed by atoms with Gasteiger partial charge >= 0.3 is 5.97 Å². The Morgan fingerprint density at radius 3 is 2.78 bits per heavy atom. The zero-order valence-electron chi connectivity index (χ0n) is 17.7. The van der Waals surface area contributed by atoms with Crippen LogP contribution in [0.1, 0.15) is 33.9 Å². The zero-order chi connectivity index (χ0) is 22.8. The number of carboxylic acids is 1. The Bertz CT molecular complexity index is 1140. The SMILES string of the molecule is CN(C)CCN1C(=S)N[C@@H](c2ccccn2)[C@H]1c1ccc(-c2cc(C(=O)O)ccc2Cl)o1. The van der Waals surface area contributed by atoms with Crippen molar-refractivity contribution in [2.45, 2.75) is 12.1 Å². The molecule has 1 saturated heterocycles. The van der Waals surface area contributed by atoms with Crippen molar-refractivity contribution in [3.8, 4) is 11.3 Å². The van der Waals surface area contributed by atoms with E-state index in [1.54, 1.807) is 12.3 Å². The minimum atomic E-state index is -1.02. The number of halogens is 1. The second-order valence-electron chi connectivity index (χ2n) is 7.83. The lowest BCUT2D eigenvalue weighted by Gasteiger charge is -2.27. The number of aromatic nitrogens is 1. The molecule has 2 N–H and O–H groups in total. The molecule has 0 amide bonds. The number of rotatable bonds is 7. The molecule has 1 aliphatic heterocycles. The number of nitrogens with zero attached hydrogens (tertiary/aromatic N) is 3. The summed E-state index contributed by atoms with van der Waals surface area (Å²) in [6, 6.07) is 13.6. The van der Waals surface area contributed by atoms with Gasteiger partial charge in [0, 0.05) is 24.8 Å². The molecule has 0 aliphatic carbocycles. The molecular weight excluding hydrogens is 448 g/mol. The third-order valence-electron chi connectivity index (χ3n) is 5.38. The molecule has 32 heavy (non-hydrogen) atoms. The first-order chi connectivity index (χ1) is 15.3. The Morgan fingerprint density at radius 1 is 1.28 bits per heavy atom. The number of carbonyl (C=O) groups is 1. The van der Waals surface area contributed by atoms with Crippen molar-refractivity contribution in [3.05, 3.63) is 76.8 Å². The highest BCUT2D eigenvalue weighted by atomic mass is 35.5. The van der Waals surface area contributed by atoms with E-state index >= 15 is 0 Å². The number of carboxylic acid groups (broad SMARTS) is 1. The molecular formula is C23H23ClN4O3S. The number of thiocarbonyl (C=S) groups is 1. The first-order valence-corrected chi connectivity index (χ1v) is 10.9. The largest absolute Gasteiger partial charge is 0.478 e. The molecule has 2 aromatic heterocycles. The first kappa shape index (κ1) is 22.3. The van der Waals surface area contributed by atoms with Crippen molar-refractivity contribution in [2.24, 2.45) is 0 Å². The fourth-order valence-electron chi connectivity index (χ4n) is 3.77. The lowest BCUT2D eigenvalue weighted by Crippen LogP contribution is -2.35. The average molecular weight is 471 g/mol. The topological polar surface area (TPSA) is 81.8 Å². The van der Waals surface area contributed by atoms with Gasteiger partial charge in [-0.05, 0) is 68.8 Å². The van der Waals surface area contributed by atoms with Gasteiger partial charge in [-0.1, -0.05) is 17.7 Å². The van der Waals surface area contributed by atoms with Gasteiger partial charge in [0.15, 0.2) is 5.11 Å². The molecule has 0 saturated carbocycles. The lowest BCUT2D eigenvalue weighted by molar-refractivity contribution is 0.0697. The number of aromatic carboxylic acids is 1. The number of benzene rings is 1. The summed E-state index contributed by atoms with van der Waals surface area (Å²) < 4.78 is 6.25. The molecule has 1 aromatic carbocycles. The monoisotopic (exact) mass is 470 g/mol. The van der Waals surface area contributed by atoms with Crippen LogP contribution in [0, 0.1) is 0 Å². The van der Waals surface area contributed by atoms with Crippen LogP contribution in [0.2, 0.25) is 5.02 Å². The zero-order valence-corrected chi connectivity index (χ0v) is 19.2. The molecule has 2 atom stereocenters. The van der Waals surface area contributed by atoms with Crippen molar-refractivity contribution in [2.75, 3.05) is 27.2 Å². The van der Waals surface area contributed by atoms with Crippen molar-refractivity contribution >= 4 is 34.9 Å². The predicted molar refractivity (Wildman–Crippen MR) is 127 cm³/mol. The van der Waals surface area contributed by atoms with Gasteiger partial charge in [0.2, 0.25) is 0 Å². The second kappa shape index (κ2) is 9.28. The maximum absolute atomic E-state index is 11.4. The van der Waals surface area contributed by atoms with E-state index in [9.17, 15) is 9.90 Å². The first-order valence-electron chi connectivity index (χ1n) is 10.1. The smallest absolute Gasteiger partial charge is 0.335 e. The molecule has 1 aliphatic rings. The van der Waals surface area contributed by atoms with E-state index in [4.69, 9.17) is 28.2 Å². The van der Waals surface area contributed by atoms with Crippen LogP contribution in [0.4, 0.5) is 0 Å². The van der Waals surface area contributed by atoms with E-state index in [-0.39, 0.29) is 17.6 Å². The van der Waals surface area contributed by atoms with Crippen LogP contribution in [0.5, 0.6) is 0 Å². The fraction of sp³-hybridized carbons (Fsp3) is 0.261. The van der Waals surface area contributed by atoms with E-state index in [0.717, 1.165) is 12.2 Å². The van der Waals surface area contributed by atoms with Crippen LogP contribution >= 0.6 is 23.8 Å². The van der Waals surface area contributed by atoms with Crippen LogP contribution in [0.3, 0.4) is 0 Å². The van der Waals surface area contributed by atoms with Crippen LogP contribution < -0.4 is 5.32 Å². The maximum Gasteiger partial charge on any atom is 0.335 e. The molecule has 0 bridgehead atoms. The molecule has 1 fully saturated rings. The van der Waals surface area contributed by atoms with Crippen LogP contribution in [0.15, 0.2) is 59.1 Å². The van der Waals surface area contributed by atoms with Gasteiger partial charge < -0.3 is 24.6 Å². The summed E-state index contributed by atoms with van der Waals surface area (Å²) in [7, 11) is 4.03. The Balaban J connectivity index is 1.73. The van der Waals surface area contributed by atoms with Gasteiger partial charge in [-0.25, -0.2) is 4.79 Å². The standard InChI is InChI=1S/C23H23ClN4O3S/c1-27(2)11-12-28-21(20(26-23(28)32)17-5-3-4-10-25-17)19-9-8-18(31-19)15-13-14(22(29)30)6-7-16(15)24/h3-10,13,20-21H,11-12H2,1-2H3,(H,26,32)(H,29,30)/t20-,21+/m0/s1. The molecule has 7 nitrogen and oxygen atoms in total. The summed E-state index contributed by atoms with van der Waals surface area (Å²) >= 11 is 12.0. The number of pyridine rings is 1. The predicted octanol–water partition coefficient (Wildman–Crippen LogP) is 4.23. The number of hydrogen-bond acceptors (Lipinski definition) is 5. The van der Waals surface area contributed by atoms with E-state index in [0.29, 0.717) is 33.8 Å². The molecule has 4 rings (SSSR count). The van der Waals surface area contributed by atoms with Gasteiger partial charge in [0.05, 0.1) is 22.3 Å². The summed E-state index contributed by atoms with van der Waals surface area (Å²) in [4.78, 5) is 20.1. The summed E-state index contributed by atoms with van der Waals surface area (Å²) in [6.07, 6.45) is 1.75. The molecule has 0 radical (unpaired) electrons. The fourth-order valence-corrected chi connectivity index (χ4v) is 4.31. The average Bonchev–Trinajstić information content (AvgIpc) is 3.37. The van der Waals surface area contributed by atoms with Crippen LogP contribution in [0.25, 0.3) is 11.3 Å². The van der Waals surface area contributed by atoms with E-state index < -0.39 is 5.97 Å². The Hall–Kier alpha value is -2.94. The lowest BCUT2D eigenvalue weighted by atomic mass is 10.0. The Labute approximate surface area is 196 Å². The quantitative estimate of drug-likeness (QED) is 0.496. The number of furan rings is 1. The van der Waals surface area contributed by atoms with Gasteiger partial charge in [-0.15, -0.1) is 0 Å². The second-order valence-corrected chi connectivity index (χ2v) is 8.62. The van der Waals surface area contributed by atoms with Gasteiger partial charge in [-0.3, -0.25) is 4.98 Å². The molecule has 3 aromatic rings. The van der Waals surface area contributed by atoms with Crippen molar-refractivity contribution in [3.63, 3.8) is 0 Å². The van der Waals surface area contributed by atoms with Crippen LogP contribution in [-0.4, -0.2) is 58.2 Å². The van der Waals surface area contributed by atoms with E-state index in [1.807, 2.05) is 44.4 Å². The van der Waals surface area contributed by atoms with E-state index in [2.05, 4.69) is 20.1 Å². The summed E-state index contributed by atoms with van der Waals surface area (Å²) in [6.45, 7) is 1.52. The number of hydrogen-bond donors (Lipinski definition) is 2. The summed E-state index contributed by atoms with van der Waals surface area (Å²) in [5, 5.41) is 13.8.